The van der Waals surface area contributed by atoms with Crippen molar-refractivity contribution >= 4 is 11.8 Å². The van der Waals surface area contributed by atoms with Crippen molar-refractivity contribution in [2.75, 3.05) is 18.0 Å². The van der Waals surface area contributed by atoms with E-state index in [1.807, 2.05) is 12.1 Å². The maximum atomic E-state index is 12.1. The van der Waals surface area contributed by atoms with E-state index in [1.165, 1.54) is 24.3 Å². The zero-order valence-electron chi connectivity index (χ0n) is 15.8. The number of benzene rings is 1. The summed E-state index contributed by atoms with van der Waals surface area (Å²) in [6.45, 7) is 6.64. The van der Waals surface area contributed by atoms with E-state index in [0.717, 1.165) is 30.0 Å². The Morgan fingerprint density at radius 2 is 1.75 bits per heavy atom. The van der Waals surface area contributed by atoms with Crippen molar-refractivity contribution in [3.8, 4) is 5.75 Å². The summed E-state index contributed by atoms with van der Waals surface area (Å²) in [5.74, 6) is 0.892. The molecular formula is C19H24F3N5O. The number of nitrogens with one attached hydrogen (secondary N) is 1. The molecule has 0 fully saturated rings. The van der Waals surface area contributed by atoms with Crippen LogP contribution in [0.15, 0.2) is 47.6 Å². The van der Waals surface area contributed by atoms with E-state index in [1.54, 1.807) is 6.20 Å². The lowest BCUT2D eigenvalue weighted by Crippen LogP contribution is -2.31. The second-order valence-electron chi connectivity index (χ2n) is 5.94. The van der Waals surface area contributed by atoms with Gasteiger partial charge in [-0.1, -0.05) is 18.2 Å². The Bertz CT molecular complexity index is 757. The van der Waals surface area contributed by atoms with Crippen molar-refractivity contribution in [2.24, 2.45) is 10.7 Å². The quantitative estimate of drug-likeness (QED) is 0.529. The molecule has 2 rings (SSSR count). The maximum absolute atomic E-state index is 12.1. The van der Waals surface area contributed by atoms with Gasteiger partial charge in [-0.05, 0) is 43.2 Å². The molecule has 0 atom stereocenters. The van der Waals surface area contributed by atoms with Crippen molar-refractivity contribution in [1.82, 2.24) is 10.3 Å². The molecule has 152 valence electrons. The summed E-state index contributed by atoms with van der Waals surface area (Å²) in [7, 11) is 0. The van der Waals surface area contributed by atoms with Crippen LogP contribution < -0.4 is 20.7 Å². The van der Waals surface area contributed by atoms with E-state index >= 15 is 0 Å². The van der Waals surface area contributed by atoms with Crippen LogP contribution in [0.1, 0.15) is 25.0 Å². The molecule has 0 aliphatic rings. The summed E-state index contributed by atoms with van der Waals surface area (Å²) in [6, 6.07) is 9.46. The van der Waals surface area contributed by atoms with Crippen LogP contribution >= 0.6 is 0 Å². The summed E-state index contributed by atoms with van der Waals surface area (Å²) < 4.78 is 40.3. The smallest absolute Gasteiger partial charge is 0.406 e. The number of nitrogens with two attached hydrogens (primary N) is 1. The van der Waals surface area contributed by atoms with Gasteiger partial charge in [0.15, 0.2) is 5.96 Å². The molecule has 0 aliphatic carbocycles. The van der Waals surface area contributed by atoms with Gasteiger partial charge in [0.25, 0.3) is 0 Å². The molecule has 6 nitrogen and oxygen atoms in total. The molecule has 0 bridgehead atoms. The third-order valence-electron chi connectivity index (χ3n) is 3.96. The third-order valence-corrected chi connectivity index (χ3v) is 3.96. The van der Waals surface area contributed by atoms with Gasteiger partial charge in [0, 0.05) is 25.8 Å². The van der Waals surface area contributed by atoms with Crippen LogP contribution in [0.25, 0.3) is 0 Å². The van der Waals surface area contributed by atoms with Gasteiger partial charge in [0.2, 0.25) is 0 Å². The van der Waals surface area contributed by atoms with Crippen LogP contribution in [-0.2, 0) is 13.1 Å². The topological polar surface area (TPSA) is 75.8 Å². The SMILES string of the molecule is CCN(CC)c1ccc(CN=C(N)NCc2ccc(OC(F)(F)F)cc2)cn1. The third kappa shape index (κ3) is 6.98. The average Bonchev–Trinajstić information content (AvgIpc) is 2.66. The van der Waals surface area contributed by atoms with Crippen molar-refractivity contribution in [2.45, 2.75) is 33.3 Å². The fraction of sp³-hybridized carbons (Fsp3) is 0.368. The number of nitrogens with zero attached hydrogens (tertiary/aromatic N) is 3. The van der Waals surface area contributed by atoms with Crippen molar-refractivity contribution in [3.05, 3.63) is 53.7 Å². The Morgan fingerprint density at radius 1 is 1.11 bits per heavy atom. The van der Waals surface area contributed by atoms with Crippen molar-refractivity contribution in [1.29, 1.82) is 0 Å². The monoisotopic (exact) mass is 395 g/mol. The first-order chi connectivity index (χ1) is 13.3. The molecule has 1 heterocycles. The zero-order valence-corrected chi connectivity index (χ0v) is 15.8. The molecule has 0 aliphatic heterocycles. The van der Waals surface area contributed by atoms with Crippen LogP contribution in [-0.4, -0.2) is 30.4 Å². The number of rotatable bonds is 8. The van der Waals surface area contributed by atoms with Gasteiger partial charge in [-0.15, -0.1) is 13.2 Å². The molecule has 1 aromatic carbocycles. The van der Waals surface area contributed by atoms with E-state index in [2.05, 4.69) is 38.8 Å². The highest BCUT2D eigenvalue weighted by Gasteiger charge is 2.30. The highest BCUT2D eigenvalue weighted by Crippen LogP contribution is 2.22. The summed E-state index contributed by atoms with van der Waals surface area (Å²) in [6.07, 6.45) is -2.93. The van der Waals surface area contributed by atoms with Crippen molar-refractivity contribution < 1.29 is 17.9 Å². The number of hydrogen-bond donors (Lipinski definition) is 2. The van der Waals surface area contributed by atoms with Crippen LogP contribution in [0.5, 0.6) is 5.75 Å². The Morgan fingerprint density at radius 3 is 2.29 bits per heavy atom. The molecule has 0 radical (unpaired) electrons. The largest absolute Gasteiger partial charge is 0.573 e. The van der Waals surface area contributed by atoms with E-state index in [9.17, 15) is 13.2 Å². The molecule has 1 aromatic heterocycles. The Balaban J connectivity index is 1.84. The molecule has 3 N–H and O–H groups in total. The lowest BCUT2D eigenvalue weighted by molar-refractivity contribution is -0.274. The number of aliphatic imine (C=N–C) groups is 1. The highest BCUT2D eigenvalue weighted by molar-refractivity contribution is 5.77. The molecule has 0 spiro atoms. The minimum Gasteiger partial charge on any atom is -0.406 e. The predicted molar refractivity (Wildman–Crippen MR) is 103 cm³/mol. The second kappa shape index (κ2) is 9.82. The van der Waals surface area contributed by atoms with Crippen molar-refractivity contribution in [3.63, 3.8) is 0 Å². The molecule has 28 heavy (non-hydrogen) atoms. The number of guanidine groups is 1. The number of pyridine rings is 1. The Kier molecular flexibility index (Phi) is 7.48. The first-order valence-corrected chi connectivity index (χ1v) is 8.89. The summed E-state index contributed by atoms with van der Waals surface area (Å²) in [5, 5.41) is 2.92. The summed E-state index contributed by atoms with van der Waals surface area (Å²) in [4.78, 5) is 10.8. The van der Waals surface area contributed by atoms with Gasteiger partial charge in [0.05, 0.1) is 6.54 Å². The van der Waals surface area contributed by atoms with E-state index in [-0.39, 0.29) is 11.7 Å². The van der Waals surface area contributed by atoms with Gasteiger partial charge in [-0.3, -0.25) is 0 Å². The second-order valence-corrected chi connectivity index (χ2v) is 5.94. The minimum absolute atomic E-state index is 0.239. The normalized spacial score (nSPS) is 12.0. The van der Waals surface area contributed by atoms with Gasteiger partial charge in [-0.25, -0.2) is 9.98 Å². The molecule has 0 unspecified atom stereocenters. The minimum atomic E-state index is -4.70. The standard InChI is InChI=1S/C19H24F3N5O/c1-3-27(4-2)17-10-7-15(12-24-17)13-26-18(23)25-11-14-5-8-16(9-6-14)28-19(20,21)22/h5-10,12H,3-4,11,13H2,1-2H3,(H3,23,25,26). The Labute approximate surface area is 162 Å². The van der Waals surface area contributed by atoms with Gasteiger partial charge >= 0.3 is 6.36 Å². The van der Waals surface area contributed by atoms with Gasteiger partial charge < -0.3 is 20.7 Å². The fourth-order valence-electron chi connectivity index (χ4n) is 2.48. The lowest BCUT2D eigenvalue weighted by atomic mass is 10.2. The zero-order chi connectivity index (χ0) is 20.6. The maximum Gasteiger partial charge on any atom is 0.573 e. The molecule has 0 amide bonds. The molecule has 0 saturated heterocycles. The van der Waals surface area contributed by atoms with E-state index < -0.39 is 6.36 Å². The number of aromatic nitrogens is 1. The number of alkyl halides is 3. The van der Waals surface area contributed by atoms with Crippen LogP contribution in [0.2, 0.25) is 0 Å². The molecule has 2 aromatic rings. The van der Waals surface area contributed by atoms with E-state index in [0.29, 0.717) is 13.1 Å². The van der Waals surface area contributed by atoms with Crippen LogP contribution in [0, 0.1) is 0 Å². The number of ether oxygens (including phenoxy) is 1. The first-order valence-electron chi connectivity index (χ1n) is 8.89. The summed E-state index contributed by atoms with van der Waals surface area (Å²) >= 11 is 0. The lowest BCUT2D eigenvalue weighted by Gasteiger charge is -2.19. The van der Waals surface area contributed by atoms with Crippen LogP contribution in [0.4, 0.5) is 19.0 Å². The van der Waals surface area contributed by atoms with Gasteiger partial charge in [0.1, 0.15) is 11.6 Å². The summed E-state index contributed by atoms with van der Waals surface area (Å²) in [5.41, 5.74) is 7.51. The molecule has 0 saturated carbocycles. The number of hydrogen-bond acceptors (Lipinski definition) is 4. The number of halogens is 3. The fourth-order valence-corrected chi connectivity index (χ4v) is 2.48. The van der Waals surface area contributed by atoms with Gasteiger partial charge in [-0.2, -0.15) is 0 Å². The Hall–Kier alpha value is -2.97. The number of anilines is 1. The highest BCUT2D eigenvalue weighted by atomic mass is 19.4. The van der Waals surface area contributed by atoms with E-state index in [4.69, 9.17) is 5.73 Å². The van der Waals surface area contributed by atoms with Crippen LogP contribution in [0.3, 0.4) is 0 Å². The predicted octanol–water partition coefficient (Wildman–Crippen LogP) is 3.43. The molecule has 9 heteroatoms. The molecular weight excluding hydrogens is 371 g/mol. The first kappa shape index (κ1) is 21.3. The average molecular weight is 395 g/mol.